The predicted octanol–water partition coefficient (Wildman–Crippen LogP) is 2.66. The quantitative estimate of drug-likeness (QED) is 0.910. The third-order valence-corrected chi connectivity index (χ3v) is 3.73. The lowest BCUT2D eigenvalue weighted by Gasteiger charge is -2.11. The number of fused-ring (bicyclic) bond motifs is 1. The summed E-state index contributed by atoms with van der Waals surface area (Å²) in [5, 5.41) is 3.31. The van der Waals surface area contributed by atoms with E-state index in [-0.39, 0.29) is 0 Å². The van der Waals surface area contributed by atoms with Gasteiger partial charge < -0.3 is 5.32 Å². The molecule has 0 aliphatic heterocycles. The molecule has 0 spiro atoms. The molecule has 0 amide bonds. The van der Waals surface area contributed by atoms with E-state index in [1.807, 2.05) is 12.3 Å². The van der Waals surface area contributed by atoms with Gasteiger partial charge in [0, 0.05) is 18.7 Å². The Balaban J connectivity index is 1.87. The summed E-state index contributed by atoms with van der Waals surface area (Å²) in [5.74, 6) is 1.35. The molecular formula is C16H19N3. The molecule has 1 unspecified atom stereocenters. The number of nitrogens with one attached hydrogen (secondary N) is 1. The molecule has 0 bridgehead atoms. The first-order chi connectivity index (χ1) is 9.38. The standard InChI is InChI=1S/C16H19N3/c1-2-17-11-13-9-10-18-16(19-13)15-8-7-12-5-3-4-6-14(12)15/h3-6,9-10,15,17H,2,7-8,11H2,1H3. The molecule has 1 N–H and O–H groups in total. The Hall–Kier alpha value is -1.74. The Bertz CT molecular complexity index is 565. The lowest BCUT2D eigenvalue weighted by Crippen LogP contribution is -2.14. The Morgan fingerprint density at radius 3 is 3.05 bits per heavy atom. The number of hydrogen-bond donors (Lipinski definition) is 1. The van der Waals surface area contributed by atoms with Crippen molar-refractivity contribution in [1.29, 1.82) is 0 Å². The minimum atomic E-state index is 0.373. The molecule has 3 heteroatoms. The van der Waals surface area contributed by atoms with Crippen molar-refractivity contribution < 1.29 is 0 Å². The molecule has 1 heterocycles. The molecule has 3 nitrogen and oxygen atoms in total. The van der Waals surface area contributed by atoms with Gasteiger partial charge in [0.15, 0.2) is 0 Å². The second-order valence-electron chi connectivity index (χ2n) is 4.98. The van der Waals surface area contributed by atoms with Gasteiger partial charge in [-0.1, -0.05) is 31.2 Å². The maximum absolute atomic E-state index is 4.72. The van der Waals surface area contributed by atoms with Crippen LogP contribution in [0, 0.1) is 0 Å². The van der Waals surface area contributed by atoms with Gasteiger partial charge in [0.1, 0.15) is 5.82 Å². The molecule has 3 rings (SSSR count). The van der Waals surface area contributed by atoms with Crippen LogP contribution in [0.25, 0.3) is 0 Å². The van der Waals surface area contributed by atoms with Crippen LogP contribution in [0.3, 0.4) is 0 Å². The van der Waals surface area contributed by atoms with Crippen LogP contribution in [0.1, 0.15) is 41.9 Å². The molecule has 0 saturated carbocycles. The summed E-state index contributed by atoms with van der Waals surface area (Å²) >= 11 is 0. The summed E-state index contributed by atoms with van der Waals surface area (Å²) < 4.78 is 0. The van der Waals surface area contributed by atoms with E-state index in [1.165, 1.54) is 11.1 Å². The SMILES string of the molecule is CCNCc1ccnc(C2CCc3ccccc32)n1. The van der Waals surface area contributed by atoms with Gasteiger partial charge in [-0.2, -0.15) is 0 Å². The minimum absolute atomic E-state index is 0.373. The van der Waals surface area contributed by atoms with E-state index in [4.69, 9.17) is 4.98 Å². The van der Waals surface area contributed by atoms with E-state index in [0.29, 0.717) is 5.92 Å². The number of hydrogen-bond acceptors (Lipinski definition) is 3. The van der Waals surface area contributed by atoms with Crippen molar-refractivity contribution in [3.8, 4) is 0 Å². The van der Waals surface area contributed by atoms with Gasteiger partial charge in [-0.05, 0) is 36.6 Å². The molecule has 0 fully saturated rings. The smallest absolute Gasteiger partial charge is 0.136 e. The molecule has 0 radical (unpaired) electrons. The zero-order valence-corrected chi connectivity index (χ0v) is 11.3. The number of rotatable bonds is 4. The van der Waals surface area contributed by atoms with E-state index in [2.05, 4.69) is 41.5 Å². The maximum Gasteiger partial charge on any atom is 0.136 e. The van der Waals surface area contributed by atoms with Gasteiger partial charge in [0.05, 0.1) is 5.69 Å². The second kappa shape index (κ2) is 5.49. The first-order valence-electron chi connectivity index (χ1n) is 6.99. The fourth-order valence-corrected chi connectivity index (χ4v) is 2.76. The highest BCUT2D eigenvalue weighted by atomic mass is 14.9. The lowest BCUT2D eigenvalue weighted by molar-refractivity contribution is 0.678. The maximum atomic E-state index is 4.72. The van der Waals surface area contributed by atoms with Crippen molar-refractivity contribution in [2.24, 2.45) is 0 Å². The summed E-state index contributed by atoms with van der Waals surface area (Å²) in [6.07, 6.45) is 4.15. The Morgan fingerprint density at radius 2 is 2.16 bits per heavy atom. The normalized spacial score (nSPS) is 17.4. The minimum Gasteiger partial charge on any atom is -0.311 e. The lowest BCUT2D eigenvalue weighted by atomic mass is 10.0. The van der Waals surface area contributed by atoms with Gasteiger partial charge >= 0.3 is 0 Å². The van der Waals surface area contributed by atoms with Crippen LogP contribution in [0.15, 0.2) is 36.5 Å². The van der Waals surface area contributed by atoms with Crippen LogP contribution in [0.4, 0.5) is 0 Å². The molecule has 1 aromatic heterocycles. The average molecular weight is 253 g/mol. The number of aromatic nitrogens is 2. The van der Waals surface area contributed by atoms with Crippen molar-refractivity contribution in [3.05, 3.63) is 59.2 Å². The molecule has 1 aliphatic rings. The molecule has 1 atom stereocenters. The van der Waals surface area contributed by atoms with E-state index >= 15 is 0 Å². The van der Waals surface area contributed by atoms with Crippen LogP contribution in [-0.2, 0) is 13.0 Å². The number of aryl methyl sites for hydroxylation is 1. The molecule has 19 heavy (non-hydrogen) atoms. The van der Waals surface area contributed by atoms with Crippen molar-refractivity contribution in [3.63, 3.8) is 0 Å². The summed E-state index contributed by atoms with van der Waals surface area (Å²) in [5.41, 5.74) is 3.94. The van der Waals surface area contributed by atoms with Crippen LogP contribution in [-0.4, -0.2) is 16.5 Å². The monoisotopic (exact) mass is 253 g/mol. The molecule has 1 aromatic carbocycles. The third kappa shape index (κ3) is 2.51. The molecule has 98 valence electrons. The molecule has 0 saturated heterocycles. The van der Waals surface area contributed by atoms with Gasteiger partial charge in [-0.25, -0.2) is 9.97 Å². The first-order valence-corrected chi connectivity index (χ1v) is 6.99. The highest BCUT2D eigenvalue weighted by molar-refractivity contribution is 5.38. The van der Waals surface area contributed by atoms with Gasteiger partial charge in [0.2, 0.25) is 0 Å². The molecule has 2 aromatic rings. The Morgan fingerprint density at radius 1 is 1.26 bits per heavy atom. The van der Waals surface area contributed by atoms with Gasteiger partial charge in [-0.15, -0.1) is 0 Å². The van der Waals surface area contributed by atoms with Crippen LogP contribution in [0.5, 0.6) is 0 Å². The largest absolute Gasteiger partial charge is 0.311 e. The molecule has 1 aliphatic carbocycles. The summed E-state index contributed by atoms with van der Waals surface area (Å²) in [6.45, 7) is 3.89. The number of benzene rings is 1. The van der Waals surface area contributed by atoms with E-state index in [9.17, 15) is 0 Å². The van der Waals surface area contributed by atoms with Crippen molar-refractivity contribution >= 4 is 0 Å². The highest BCUT2D eigenvalue weighted by Crippen LogP contribution is 2.36. The zero-order chi connectivity index (χ0) is 13.1. The summed E-state index contributed by atoms with van der Waals surface area (Å²) in [6, 6.07) is 10.7. The fourth-order valence-electron chi connectivity index (χ4n) is 2.76. The third-order valence-electron chi connectivity index (χ3n) is 3.73. The van der Waals surface area contributed by atoms with E-state index in [1.54, 1.807) is 0 Å². The first kappa shape index (κ1) is 12.3. The highest BCUT2D eigenvalue weighted by Gasteiger charge is 2.25. The zero-order valence-electron chi connectivity index (χ0n) is 11.3. The predicted molar refractivity (Wildman–Crippen MR) is 76.0 cm³/mol. The van der Waals surface area contributed by atoms with E-state index in [0.717, 1.165) is 37.4 Å². The average Bonchev–Trinajstić information content (AvgIpc) is 2.89. The van der Waals surface area contributed by atoms with Crippen molar-refractivity contribution in [2.45, 2.75) is 32.2 Å². The van der Waals surface area contributed by atoms with Gasteiger partial charge in [-0.3, -0.25) is 0 Å². The van der Waals surface area contributed by atoms with Crippen molar-refractivity contribution in [1.82, 2.24) is 15.3 Å². The van der Waals surface area contributed by atoms with Crippen LogP contribution < -0.4 is 5.32 Å². The Labute approximate surface area is 114 Å². The molecular weight excluding hydrogens is 234 g/mol. The van der Waals surface area contributed by atoms with Gasteiger partial charge in [0.25, 0.3) is 0 Å². The van der Waals surface area contributed by atoms with Crippen molar-refractivity contribution in [2.75, 3.05) is 6.54 Å². The number of nitrogens with zero attached hydrogens (tertiary/aromatic N) is 2. The topological polar surface area (TPSA) is 37.8 Å². The van der Waals surface area contributed by atoms with Crippen LogP contribution >= 0.6 is 0 Å². The summed E-state index contributed by atoms with van der Waals surface area (Å²) in [4.78, 5) is 9.21. The van der Waals surface area contributed by atoms with Crippen LogP contribution in [0.2, 0.25) is 0 Å². The second-order valence-corrected chi connectivity index (χ2v) is 4.98. The fraction of sp³-hybridized carbons (Fsp3) is 0.375. The Kier molecular flexibility index (Phi) is 3.56. The van der Waals surface area contributed by atoms with E-state index < -0.39 is 0 Å². The summed E-state index contributed by atoms with van der Waals surface area (Å²) in [7, 11) is 0.